The molecule has 2 N–H and O–H groups in total. The summed E-state index contributed by atoms with van der Waals surface area (Å²) in [5.74, 6) is -0.0897. The van der Waals surface area contributed by atoms with Crippen molar-refractivity contribution in [3.63, 3.8) is 0 Å². The van der Waals surface area contributed by atoms with Crippen molar-refractivity contribution in [2.24, 2.45) is 0 Å². The molecule has 1 aromatic rings. The van der Waals surface area contributed by atoms with Crippen LogP contribution in [0.2, 0.25) is 0 Å². The fourth-order valence-electron chi connectivity index (χ4n) is 2.06. The molecule has 1 aliphatic heterocycles. The van der Waals surface area contributed by atoms with Crippen LogP contribution >= 0.6 is 0 Å². The molecule has 0 aromatic carbocycles. The van der Waals surface area contributed by atoms with Gasteiger partial charge in [0.2, 0.25) is 5.95 Å². The van der Waals surface area contributed by atoms with E-state index >= 15 is 0 Å². The number of anilines is 1. The summed E-state index contributed by atoms with van der Waals surface area (Å²) < 4.78 is 5.37. The number of nitrogen functional groups attached to an aromatic ring is 1. The minimum atomic E-state index is -0.574. The molecule has 1 aromatic heterocycles. The van der Waals surface area contributed by atoms with E-state index in [0.29, 0.717) is 6.61 Å². The smallest absolute Gasteiger partial charge is 0.349 e. The Morgan fingerprint density at radius 2 is 2.16 bits per heavy atom. The van der Waals surface area contributed by atoms with Gasteiger partial charge in [-0.25, -0.2) is 4.98 Å². The third kappa shape index (κ3) is 3.75. The first-order valence-corrected chi connectivity index (χ1v) is 6.29. The number of nitrogens with two attached hydrogens (primary N) is 1. The SMILES string of the molecule is Nc1ncc([N+](=O)[O-])c(OCCN2CCCCC2)n1. The molecule has 0 amide bonds. The third-order valence-corrected chi connectivity index (χ3v) is 3.05. The van der Waals surface area contributed by atoms with Crippen LogP contribution in [0.1, 0.15) is 19.3 Å². The quantitative estimate of drug-likeness (QED) is 0.621. The Balaban J connectivity index is 1.91. The van der Waals surface area contributed by atoms with Crippen LogP contribution in [0.3, 0.4) is 0 Å². The van der Waals surface area contributed by atoms with E-state index in [2.05, 4.69) is 14.9 Å². The van der Waals surface area contributed by atoms with Crippen molar-refractivity contribution in [2.75, 3.05) is 32.0 Å². The molecule has 0 atom stereocenters. The number of ether oxygens (including phenoxy) is 1. The van der Waals surface area contributed by atoms with Gasteiger partial charge in [0.1, 0.15) is 12.8 Å². The van der Waals surface area contributed by atoms with E-state index in [1.807, 2.05) is 0 Å². The number of rotatable bonds is 5. The lowest BCUT2D eigenvalue weighted by Crippen LogP contribution is -2.33. The van der Waals surface area contributed by atoms with Crippen molar-refractivity contribution in [2.45, 2.75) is 19.3 Å². The fraction of sp³-hybridized carbons (Fsp3) is 0.636. The average Bonchev–Trinajstić information content (AvgIpc) is 2.39. The number of nitrogens with zero attached hydrogens (tertiary/aromatic N) is 4. The molecule has 2 rings (SSSR count). The molecule has 19 heavy (non-hydrogen) atoms. The molecular formula is C11H17N5O3. The molecule has 104 valence electrons. The second-order valence-corrected chi connectivity index (χ2v) is 4.43. The molecule has 8 heteroatoms. The van der Waals surface area contributed by atoms with Crippen LogP contribution in [-0.2, 0) is 0 Å². The summed E-state index contributed by atoms with van der Waals surface area (Å²) in [7, 11) is 0. The lowest BCUT2D eigenvalue weighted by Gasteiger charge is -2.25. The molecule has 2 heterocycles. The van der Waals surface area contributed by atoms with Crippen molar-refractivity contribution >= 4 is 11.6 Å². The fourth-order valence-corrected chi connectivity index (χ4v) is 2.06. The summed E-state index contributed by atoms with van der Waals surface area (Å²) in [6.07, 6.45) is 4.73. The zero-order valence-corrected chi connectivity index (χ0v) is 10.6. The Bertz CT molecular complexity index is 448. The van der Waals surface area contributed by atoms with Crippen molar-refractivity contribution in [1.29, 1.82) is 0 Å². The van der Waals surface area contributed by atoms with Crippen LogP contribution in [0.4, 0.5) is 11.6 Å². The summed E-state index contributed by atoms with van der Waals surface area (Å²) >= 11 is 0. The van der Waals surface area contributed by atoms with E-state index in [1.54, 1.807) is 0 Å². The number of hydrogen-bond acceptors (Lipinski definition) is 7. The van der Waals surface area contributed by atoms with Gasteiger partial charge in [-0.2, -0.15) is 4.98 Å². The van der Waals surface area contributed by atoms with Gasteiger partial charge in [-0.3, -0.25) is 15.0 Å². The summed E-state index contributed by atoms with van der Waals surface area (Å²) in [6.45, 7) is 3.20. The third-order valence-electron chi connectivity index (χ3n) is 3.05. The van der Waals surface area contributed by atoms with Crippen LogP contribution in [0, 0.1) is 10.1 Å². The van der Waals surface area contributed by atoms with Crippen molar-refractivity contribution in [3.05, 3.63) is 16.3 Å². The summed E-state index contributed by atoms with van der Waals surface area (Å²) in [5.41, 5.74) is 5.15. The number of likely N-dealkylation sites (tertiary alicyclic amines) is 1. The molecule has 1 saturated heterocycles. The predicted octanol–water partition coefficient (Wildman–Crippen LogP) is 0.832. The summed E-state index contributed by atoms with van der Waals surface area (Å²) in [4.78, 5) is 19.9. The number of piperidine rings is 1. The highest BCUT2D eigenvalue weighted by Gasteiger charge is 2.18. The van der Waals surface area contributed by atoms with E-state index in [9.17, 15) is 10.1 Å². The normalized spacial score (nSPS) is 16.2. The van der Waals surface area contributed by atoms with Crippen molar-refractivity contribution < 1.29 is 9.66 Å². The van der Waals surface area contributed by atoms with E-state index in [4.69, 9.17) is 10.5 Å². The maximum atomic E-state index is 10.8. The molecule has 1 fully saturated rings. The van der Waals surface area contributed by atoms with Crippen LogP contribution in [-0.4, -0.2) is 46.0 Å². The second-order valence-electron chi connectivity index (χ2n) is 4.43. The highest BCUT2D eigenvalue weighted by atomic mass is 16.6. The monoisotopic (exact) mass is 267 g/mol. The van der Waals surface area contributed by atoms with Crippen LogP contribution in [0.15, 0.2) is 6.20 Å². The zero-order chi connectivity index (χ0) is 13.7. The van der Waals surface area contributed by atoms with Gasteiger partial charge in [0, 0.05) is 6.54 Å². The molecule has 0 saturated carbocycles. The molecule has 0 bridgehead atoms. The van der Waals surface area contributed by atoms with Gasteiger partial charge in [0.15, 0.2) is 0 Å². The minimum absolute atomic E-state index is 0.0291. The first-order valence-electron chi connectivity index (χ1n) is 6.29. The highest BCUT2D eigenvalue weighted by molar-refractivity contribution is 5.41. The second kappa shape index (κ2) is 6.28. The highest BCUT2D eigenvalue weighted by Crippen LogP contribution is 2.23. The van der Waals surface area contributed by atoms with Crippen LogP contribution in [0.5, 0.6) is 5.88 Å². The Kier molecular flexibility index (Phi) is 4.45. The van der Waals surface area contributed by atoms with Crippen LogP contribution < -0.4 is 10.5 Å². The van der Waals surface area contributed by atoms with Gasteiger partial charge in [0.25, 0.3) is 5.88 Å². The van der Waals surface area contributed by atoms with Gasteiger partial charge < -0.3 is 10.5 Å². The lowest BCUT2D eigenvalue weighted by molar-refractivity contribution is -0.386. The maximum Gasteiger partial charge on any atom is 0.349 e. The summed E-state index contributed by atoms with van der Waals surface area (Å²) in [5, 5.41) is 10.8. The topological polar surface area (TPSA) is 107 Å². The van der Waals surface area contributed by atoms with Crippen molar-refractivity contribution in [1.82, 2.24) is 14.9 Å². The Morgan fingerprint density at radius 1 is 1.42 bits per heavy atom. The summed E-state index contributed by atoms with van der Waals surface area (Å²) in [6, 6.07) is 0. The number of hydrogen-bond donors (Lipinski definition) is 1. The van der Waals surface area contributed by atoms with E-state index in [0.717, 1.165) is 25.8 Å². The Morgan fingerprint density at radius 3 is 2.84 bits per heavy atom. The van der Waals surface area contributed by atoms with Gasteiger partial charge in [-0.05, 0) is 25.9 Å². The molecule has 0 unspecified atom stereocenters. The van der Waals surface area contributed by atoms with Crippen molar-refractivity contribution in [3.8, 4) is 5.88 Å². The lowest BCUT2D eigenvalue weighted by atomic mass is 10.1. The Labute approximate surface area is 110 Å². The van der Waals surface area contributed by atoms with E-state index < -0.39 is 4.92 Å². The van der Waals surface area contributed by atoms with Gasteiger partial charge in [-0.15, -0.1) is 0 Å². The first kappa shape index (κ1) is 13.5. The standard InChI is InChI=1S/C11H17N5O3/c12-11-13-8-9(16(17)18)10(14-11)19-7-6-15-4-2-1-3-5-15/h8H,1-7H2,(H2,12,13,14). The molecular weight excluding hydrogens is 250 g/mol. The number of nitro groups is 1. The minimum Gasteiger partial charge on any atom is -0.471 e. The van der Waals surface area contributed by atoms with E-state index in [1.165, 1.54) is 19.3 Å². The first-order chi connectivity index (χ1) is 9.16. The number of aromatic nitrogens is 2. The molecule has 8 nitrogen and oxygen atoms in total. The Hall–Kier alpha value is -1.96. The molecule has 0 aliphatic carbocycles. The van der Waals surface area contributed by atoms with Gasteiger partial charge in [0.05, 0.1) is 4.92 Å². The van der Waals surface area contributed by atoms with Gasteiger partial charge in [-0.1, -0.05) is 6.42 Å². The van der Waals surface area contributed by atoms with Gasteiger partial charge >= 0.3 is 5.69 Å². The maximum absolute atomic E-state index is 10.8. The molecule has 0 radical (unpaired) electrons. The molecule has 1 aliphatic rings. The van der Waals surface area contributed by atoms with Crippen LogP contribution in [0.25, 0.3) is 0 Å². The largest absolute Gasteiger partial charge is 0.471 e. The van der Waals surface area contributed by atoms with E-state index in [-0.39, 0.29) is 17.5 Å². The molecule has 0 spiro atoms. The average molecular weight is 267 g/mol. The zero-order valence-electron chi connectivity index (χ0n) is 10.6. The predicted molar refractivity (Wildman–Crippen MR) is 68.9 cm³/mol.